The molecule has 0 aliphatic carbocycles. The third-order valence-electron chi connectivity index (χ3n) is 2.66. The zero-order chi connectivity index (χ0) is 13.1. The van der Waals surface area contributed by atoms with Gasteiger partial charge in [-0.25, -0.2) is 0 Å². The Hall–Kier alpha value is -0.860. The Bertz CT molecular complexity index is 333. The zero-order valence-electron chi connectivity index (χ0n) is 11.5. The number of ether oxygens (including phenoxy) is 1. The van der Waals surface area contributed by atoms with E-state index in [1.165, 1.54) is 5.56 Å². The fourth-order valence-electron chi connectivity index (χ4n) is 1.53. The van der Waals surface area contributed by atoms with Crippen LogP contribution in [0.25, 0.3) is 0 Å². The zero-order valence-corrected chi connectivity index (χ0v) is 11.5. The molecule has 1 unspecified atom stereocenters. The predicted octanol–water partition coefficient (Wildman–Crippen LogP) is 3.66. The lowest BCUT2D eigenvalue weighted by molar-refractivity contribution is -0.0496. The second kappa shape index (κ2) is 5.65. The van der Waals surface area contributed by atoms with Crippen LogP contribution in [0.4, 0.5) is 0 Å². The molecule has 0 fully saturated rings. The van der Waals surface area contributed by atoms with Crippen molar-refractivity contribution in [2.24, 2.45) is 0 Å². The third kappa shape index (κ3) is 4.88. The van der Waals surface area contributed by atoms with E-state index in [1.54, 1.807) is 0 Å². The van der Waals surface area contributed by atoms with Gasteiger partial charge in [-0.05, 0) is 37.8 Å². The van der Waals surface area contributed by atoms with Crippen molar-refractivity contribution >= 4 is 0 Å². The molecule has 0 saturated heterocycles. The van der Waals surface area contributed by atoms with Crippen LogP contribution in [0.15, 0.2) is 24.3 Å². The van der Waals surface area contributed by atoms with Gasteiger partial charge >= 0.3 is 0 Å². The number of benzene rings is 1. The molecule has 0 spiro atoms. The Morgan fingerprint density at radius 3 is 1.94 bits per heavy atom. The molecule has 0 aromatic heterocycles. The van der Waals surface area contributed by atoms with Gasteiger partial charge in [0.25, 0.3) is 0 Å². The number of hydrogen-bond acceptors (Lipinski definition) is 2. The molecule has 17 heavy (non-hydrogen) atoms. The maximum absolute atomic E-state index is 9.99. The number of aliphatic hydroxyl groups is 1. The van der Waals surface area contributed by atoms with E-state index >= 15 is 0 Å². The molecular weight excluding hydrogens is 212 g/mol. The van der Waals surface area contributed by atoms with E-state index in [9.17, 15) is 5.11 Å². The third-order valence-corrected chi connectivity index (χ3v) is 2.66. The van der Waals surface area contributed by atoms with Crippen molar-refractivity contribution in [1.82, 2.24) is 0 Å². The first-order valence-electron chi connectivity index (χ1n) is 6.21. The van der Waals surface area contributed by atoms with Crippen molar-refractivity contribution < 1.29 is 9.84 Å². The quantitative estimate of drug-likeness (QED) is 0.864. The van der Waals surface area contributed by atoms with Crippen molar-refractivity contribution in [1.29, 1.82) is 0 Å². The van der Waals surface area contributed by atoms with Crippen LogP contribution in [-0.4, -0.2) is 17.3 Å². The molecule has 0 heterocycles. The molecule has 1 N–H and O–H groups in total. The van der Waals surface area contributed by atoms with Crippen LogP contribution < -0.4 is 0 Å². The lowest BCUT2D eigenvalue weighted by Crippen LogP contribution is -2.22. The van der Waals surface area contributed by atoms with Gasteiger partial charge in [0, 0.05) is 0 Å². The smallest absolute Gasteiger partial charge is 0.102 e. The second-order valence-corrected chi connectivity index (χ2v) is 5.76. The van der Waals surface area contributed by atoms with E-state index in [2.05, 4.69) is 26.0 Å². The summed E-state index contributed by atoms with van der Waals surface area (Å²) in [6, 6.07) is 8.10. The molecule has 1 aromatic carbocycles. The summed E-state index contributed by atoms with van der Waals surface area (Å²) in [6.45, 7) is 10.6. The summed E-state index contributed by atoms with van der Waals surface area (Å²) in [6.07, 6.45) is -0.546. The number of rotatable bonds is 4. The van der Waals surface area contributed by atoms with Crippen LogP contribution in [-0.2, 0) is 4.74 Å². The van der Waals surface area contributed by atoms with E-state index in [-0.39, 0.29) is 5.60 Å². The van der Waals surface area contributed by atoms with Crippen molar-refractivity contribution in [2.45, 2.75) is 52.2 Å². The summed E-state index contributed by atoms with van der Waals surface area (Å²) in [7, 11) is 0. The molecule has 0 aliphatic rings. The van der Waals surface area contributed by atoms with Gasteiger partial charge in [-0.1, -0.05) is 38.1 Å². The van der Waals surface area contributed by atoms with Crippen LogP contribution in [0.1, 0.15) is 57.8 Å². The highest BCUT2D eigenvalue weighted by Crippen LogP contribution is 2.20. The highest BCUT2D eigenvalue weighted by molar-refractivity contribution is 5.26. The summed E-state index contributed by atoms with van der Waals surface area (Å²) in [5, 5.41) is 9.99. The monoisotopic (exact) mass is 236 g/mol. The molecule has 1 rings (SSSR count). The van der Waals surface area contributed by atoms with Gasteiger partial charge in [0.1, 0.15) is 6.10 Å². The maximum Gasteiger partial charge on any atom is 0.102 e. The van der Waals surface area contributed by atoms with Gasteiger partial charge in [-0.15, -0.1) is 0 Å². The minimum atomic E-state index is -0.546. The summed E-state index contributed by atoms with van der Waals surface area (Å²) < 4.78 is 5.57. The Morgan fingerprint density at radius 1 is 1.06 bits per heavy atom. The van der Waals surface area contributed by atoms with Crippen LogP contribution in [0.3, 0.4) is 0 Å². The topological polar surface area (TPSA) is 29.5 Å². The van der Waals surface area contributed by atoms with Crippen LogP contribution in [0, 0.1) is 0 Å². The highest BCUT2D eigenvalue weighted by Gasteiger charge is 2.14. The van der Waals surface area contributed by atoms with Crippen LogP contribution >= 0.6 is 0 Å². The number of hydrogen-bond donors (Lipinski definition) is 1. The molecule has 0 bridgehead atoms. The minimum absolute atomic E-state index is 0.209. The Labute approximate surface area is 105 Å². The number of aliphatic hydroxyl groups excluding tert-OH is 1. The SMILES string of the molecule is CC(C)c1ccc(C(O)COC(C)(C)C)cc1. The predicted molar refractivity (Wildman–Crippen MR) is 71.2 cm³/mol. The lowest BCUT2D eigenvalue weighted by atomic mass is 10.0. The van der Waals surface area contributed by atoms with Crippen LogP contribution in [0.5, 0.6) is 0 Å². The molecule has 1 aromatic rings. The summed E-state index contributed by atoms with van der Waals surface area (Å²) in [4.78, 5) is 0. The molecule has 0 saturated carbocycles. The minimum Gasteiger partial charge on any atom is -0.386 e. The maximum atomic E-state index is 9.99. The standard InChI is InChI=1S/C15H24O2/c1-11(2)12-6-8-13(9-7-12)14(16)10-17-15(3,4)5/h6-9,11,14,16H,10H2,1-5H3. The molecule has 0 radical (unpaired) electrons. The highest BCUT2D eigenvalue weighted by atomic mass is 16.5. The normalized spacial score (nSPS) is 14.1. The van der Waals surface area contributed by atoms with Gasteiger partial charge in [0.15, 0.2) is 0 Å². The molecule has 0 amide bonds. The van der Waals surface area contributed by atoms with Gasteiger partial charge < -0.3 is 9.84 Å². The van der Waals surface area contributed by atoms with Gasteiger partial charge in [-0.3, -0.25) is 0 Å². The summed E-state index contributed by atoms with van der Waals surface area (Å²) >= 11 is 0. The van der Waals surface area contributed by atoms with Gasteiger partial charge in [-0.2, -0.15) is 0 Å². The van der Waals surface area contributed by atoms with E-state index < -0.39 is 6.10 Å². The van der Waals surface area contributed by atoms with Crippen molar-refractivity contribution in [3.05, 3.63) is 35.4 Å². The van der Waals surface area contributed by atoms with Gasteiger partial charge in [0.2, 0.25) is 0 Å². The Balaban J connectivity index is 2.60. The van der Waals surface area contributed by atoms with E-state index in [1.807, 2.05) is 32.9 Å². The summed E-state index contributed by atoms with van der Waals surface area (Å²) in [5.74, 6) is 0.520. The molecule has 96 valence electrons. The molecule has 2 heteroatoms. The fourth-order valence-corrected chi connectivity index (χ4v) is 1.53. The van der Waals surface area contributed by atoms with E-state index in [4.69, 9.17) is 4.74 Å². The van der Waals surface area contributed by atoms with Crippen molar-refractivity contribution in [3.8, 4) is 0 Å². The Kier molecular flexibility index (Phi) is 4.72. The average molecular weight is 236 g/mol. The van der Waals surface area contributed by atoms with Crippen LogP contribution in [0.2, 0.25) is 0 Å². The average Bonchev–Trinajstić information content (AvgIpc) is 2.25. The first-order chi connectivity index (χ1) is 7.79. The molecule has 1 atom stereocenters. The Morgan fingerprint density at radius 2 is 1.53 bits per heavy atom. The fraction of sp³-hybridized carbons (Fsp3) is 0.600. The molecule has 0 aliphatic heterocycles. The lowest BCUT2D eigenvalue weighted by Gasteiger charge is -2.22. The summed E-state index contributed by atoms with van der Waals surface area (Å²) in [5.41, 5.74) is 2.00. The second-order valence-electron chi connectivity index (χ2n) is 5.76. The van der Waals surface area contributed by atoms with E-state index in [0.717, 1.165) is 5.56 Å². The van der Waals surface area contributed by atoms with Crippen molar-refractivity contribution in [3.63, 3.8) is 0 Å². The first kappa shape index (κ1) is 14.2. The first-order valence-corrected chi connectivity index (χ1v) is 6.21. The van der Waals surface area contributed by atoms with Crippen molar-refractivity contribution in [2.75, 3.05) is 6.61 Å². The van der Waals surface area contributed by atoms with E-state index in [0.29, 0.717) is 12.5 Å². The van der Waals surface area contributed by atoms with Gasteiger partial charge in [0.05, 0.1) is 12.2 Å². The molecular formula is C15H24O2. The largest absolute Gasteiger partial charge is 0.386 e. The molecule has 2 nitrogen and oxygen atoms in total.